The first kappa shape index (κ1) is 19.5. The largest absolute Gasteiger partial charge is 0.482 e. The molecular weight excluding hydrogens is 387 g/mol. The van der Waals surface area contributed by atoms with Crippen LogP contribution < -0.4 is 10.1 Å². The van der Waals surface area contributed by atoms with Gasteiger partial charge in [-0.1, -0.05) is 35.3 Å². The first-order valence-corrected chi connectivity index (χ1v) is 9.51. The maximum atomic E-state index is 12.3. The van der Waals surface area contributed by atoms with Crippen molar-refractivity contribution in [2.45, 2.75) is 19.4 Å². The summed E-state index contributed by atoms with van der Waals surface area (Å²) in [4.78, 5) is 26.1. The molecule has 1 saturated heterocycles. The SMILES string of the molecule is O=C(COc1ccc(Cl)cc1Cl)NCc1ccc(C(=O)N2CCCC2)cc1. The highest BCUT2D eigenvalue weighted by molar-refractivity contribution is 6.35. The number of hydrogen-bond acceptors (Lipinski definition) is 3. The van der Waals surface area contributed by atoms with Gasteiger partial charge < -0.3 is 15.0 Å². The predicted molar refractivity (Wildman–Crippen MR) is 105 cm³/mol. The number of carbonyl (C=O) groups excluding carboxylic acids is 2. The molecule has 2 aromatic carbocycles. The Bertz CT molecular complexity index is 818. The van der Waals surface area contributed by atoms with Gasteiger partial charge in [-0.05, 0) is 48.7 Å². The van der Waals surface area contributed by atoms with Crippen LogP contribution in [0.2, 0.25) is 10.0 Å². The Labute approximate surface area is 168 Å². The summed E-state index contributed by atoms with van der Waals surface area (Å²) in [7, 11) is 0. The van der Waals surface area contributed by atoms with Crippen LogP contribution in [-0.4, -0.2) is 36.4 Å². The van der Waals surface area contributed by atoms with Gasteiger partial charge in [0.1, 0.15) is 5.75 Å². The Balaban J connectivity index is 1.46. The van der Waals surface area contributed by atoms with Crippen molar-refractivity contribution in [2.24, 2.45) is 0 Å². The lowest BCUT2D eigenvalue weighted by molar-refractivity contribution is -0.123. The van der Waals surface area contributed by atoms with Crippen LogP contribution in [0.1, 0.15) is 28.8 Å². The Morgan fingerprint density at radius 3 is 2.41 bits per heavy atom. The maximum Gasteiger partial charge on any atom is 0.258 e. The van der Waals surface area contributed by atoms with Crippen LogP contribution in [-0.2, 0) is 11.3 Å². The van der Waals surface area contributed by atoms with Crippen LogP contribution in [0.15, 0.2) is 42.5 Å². The summed E-state index contributed by atoms with van der Waals surface area (Å²) in [6.45, 7) is 1.87. The van der Waals surface area contributed by atoms with E-state index in [1.807, 2.05) is 17.0 Å². The third-order valence-corrected chi connectivity index (χ3v) is 4.87. The van der Waals surface area contributed by atoms with Crippen molar-refractivity contribution in [2.75, 3.05) is 19.7 Å². The van der Waals surface area contributed by atoms with Crippen molar-refractivity contribution in [3.05, 3.63) is 63.6 Å². The first-order valence-electron chi connectivity index (χ1n) is 8.76. The summed E-state index contributed by atoms with van der Waals surface area (Å²) in [5.74, 6) is 0.204. The van der Waals surface area contributed by atoms with Gasteiger partial charge in [0.2, 0.25) is 0 Å². The van der Waals surface area contributed by atoms with Gasteiger partial charge in [0.05, 0.1) is 5.02 Å². The van der Waals surface area contributed by atoms with Crippen LogP contribution in [0.5, 0.6) is 5.75 Å². The molecule has 1 aliphatic heterocycles. The van der Waals surface area contributed by atoms with Crippen LogP contribution in [0.25, 0.3) is 0 Å². The second kappa shape index (κ2) is 9.11. The van der Waals surface area contributed by atoms with Crippen molar-refractivity contribution in [3.8, 4) is 5.75 Å². The number of ether oxygens (including phenoxy) is 1. The number of amides is 2. The van der Waals surface area contributed by atoms with E-state index in [1.165, 1.54) is 0 Å². The average molecular weight is 407 g/mol. The number of likely N-dealkylation sites (tertiary alicyclic amines) is 1. The van der Waals surface area contributed by atoms with Crippen LogP contribution in [0, 0.1) is 0 Å². The summed E-state index contributed by atoms with van der Waals surface area (Å²) in [5.41, 5.74) is 1.58. The molecule has 0 atom stereocenters. The van der Waals surface area contributed by atoms with Crippen LogP contribution >= 0.6 is 23.2 Å². The van der Waals surface area contributed by atoms with Gasteiger partial charge >= 0.3 is 0 Å². The minimum absolute atomic E-state index is 0.0660. The molecule has 0 saturated carbocycles. The lowest BCUT2D eigenvalue weighted by Gasteiger charge is -2.15. The zero-order valence-corrected chi connectivity index (χ0v) is 16.2. The van der Waals surface area contributed by atoms with E-state index < -0.39 is 0 Å². The molecule has 0 radical (unpaired) electrons. The molecule has 1 heterocycles. The van der Waals surface area contributed by atoms with Gasteiger partial charge in [-0.3, -0.25) is 9.59 Å². The van der Waals surface area contributed by atoms with E-state index in [2.05, 4.69) is 5.32 Å². The molecule has 1 fully saturated rings. The first-order chi connectivity index (χ1) is 13.0. The Hall–Kier alpha value is -2.24. The van der Waals surface area contributed by atoms with E-state index in [-0.39, 0.29) is 18.4 Å². The Kier molecular flexibility index (Phi) is 6.58. The van der Waals surface area contributed by atoms with Gasteiger partial charge in [0, 0.05) is 30.2 Å². The Morgan fingerprint density at radius 1 is 1.04 bits per heavy atom. The van der Waals surface area contributed by atoms with E-state index >= 15 is 0 Å². The van der Waals surface area contributed by atoms with E-state index in [1.54, 1.807) is 30.3 Å². The number of nitrogens with zero attached hydrogens (tertiary/aromatic N) is 1. The fraction of sp³-hybridized carbons (Fsp3) is 0.300. The number of hydrogen-bond donors (Lipinski definition) is 1. The average Bonchev–Trinajstić information content (AvgIpc) is 3.20. The van der Waals surface area contributed by atoms with Gasteiger partial charge in [-0.15, -0.1) is 0 Å². The molecule has 2 amide bonds. The number of benzene rings is 2. The van der Waals surface area contributed by atoms with Crippen molar-refractivity contribution < 1.29 is 14.3 Å². The molecule has 0 aromatic heterocycles. The zero-order valence-electron chi connectivity index (χ0n) is 14.7. The van der Waals surface area contributed by atoms with Crippen molar-refractivity contribution >= 4 is 35.0 Å². The second-order valence-electron chi connectivity index (χ2n) is 6.34. The monoisotopic (exact) mass is 406 g/mol. The summed E-state index contributed by atoms with van der Waals surface area (Å²) in [5, 5.41) is 3.63. The molecule has 0 unspecified atom stereocenters. The normalized spacial score (nSPS) is 13.5. The summed E-state index contributed by atoms with van der Waals surface area (Å²) in [6.07, 6.45) is 2.14. The number of carbonyl (C=O) groups is 2. The van der Waals surface area contributed by atoms with Crippen LogP contribution in [0.3, 0.4) is 0 Å². The molecular formula is C20H20Cl2N2O3. The third-order valence-electron chi connectivity index (χ3n) is 4.34. The van der Waals surface area contributed by atoms with E-state index in [4.69, 9.17) is 27.9 Å². The third kappa shape index (κ3) is 5.37. The van der Waals surface area contributed by atoms with Crippen molar-refractivity contribution in [1.82, 2.24) is 10.2 Å². The highest BCUT2D eigenvalue weighted by atomic mass is 35.5. The zero-order chi connectivity index (χ0) is 19.2. The maximum absolute atomic E-state index is 12.3. The molecule has 2 aromatic rings. The fourth-order valence-electron chi connectivity index (χ4n) is 2.86. The lowest BCUT2D eigenvalue weighted by atomic mass is 10.1. The number of nitrogens with one attached hydrogen (secondary N) is 1. The quantitative estimate of drug-likeness (QED) is 0.790. The van der Waals surface area contributed by atoms with Crippen molar-refractivity contribution in [1.29, 1.82) is 0 Å². The van der Waals surface area contributed by atoms with Gasteiger partial charge in [0.15, 0.2) is 6.61 Å². The van der Waals surface area contributed by atoms with Gasteiger partial charge in [-0.25, -0.2) is 0 Å². The summed E-state index contributed by atoms with van der Waals surface area (Å²) in [6, 6.07) is 12.1. The van der Waals surface area contributed by atoms with E-state index in [9.17, 15) is 9.59 Å². The standard InChI is InChI=1S/C20H20Cl2N2O3/c21-16-7-8-18(17(22)11-16)27-13-19(25)23-12-14-3-5-15(6-4-14)20(26)24-9-1-2-10-24/h3-8,11H,1-2,9-10,12-13H2,(H,23,25). The summed E-state index contributed by atoms with van der Waals surface area (Å²) >= 11 is 11.8. The number of rotatable bonds is 6. The van der Waals surface area contributed by atoms with E-state index in [0.717, 1.165) is 31.5 Å². The molecule has 1 aliphatic rings. The molecule has 7 heteroatoms. The van der Waals surface area contributed by atoms with Gasteiger partial charge in [0.25, 0.3) is 11.8 Å². The molecule has 0 bridgehead atoms. The molecule has 142 valence electrons. The predicted octanol–water partition coefficient (Wildman–Crippen LogP) is 3.92. The lowest BCUT2D eigenvalue weighted by Crippen LogP contribution is -2.29. The molecule has 1 N–H and O–H groups in total. The van der Waals surface area contributed by atoms with Crippen LogP contribution in [0.4, 0.5) is 0 Å². The minimum atomic E-state index is -0.266. The molecule has 3 rings (SSSR count). The van der Waals surface area contributed by atoms with Gasteiger partial charge in [-0.2, -0.15) is 0 Å². The molecule has 0 spiro atoms. The smallest absolute Gasteiger partial charge is 0.258 e. The topological polar surface area (TPSA) is 58.6 Å². The molecule has 27 heavy (non-hydrogen) atoms. The minimum Gasteiger partial charge on any atom is -0.482 e. The van der Waals surface area contributed by atoms with E-state index in [0.29, 0.717) is 27.9 Å². The van der Waals surface area contributed by atoms with Crippen molar-refractivity contribution in [3.63, 3.8) is 0 Å². The Morgan fingerprint density at radius 2 is 1.74 bits per heavy atom. The fourth-order valence-corrected chi connectivity index (χ4v) is 3.32. The highest BCUT2D eigenvalue weighted by Gasteiger charge is 2.19. The summed E-state index contributed by atoms with van der Waals surface area (Å²) < 4.78 is 5.40. The number of halogens is 2. The second-order valence-corrected chi connectivity index (χ2v) is 7.18. The highest BCUT2D eigenvalue weighted by Crippen LogP contribution is 2.27. The molecule has 5 nitrogen and oxygen atoms in total. The molecule has 0 aliphatic carbocycles.